The highest BCUT2D eigenvalue weighted by molar-refractivity contribution is 5.72. The first kappa shape index (κ1) is 14.7. The molecular weight excluding hydrogens is 234 g/mol. The fourth-order valence-electron chi connectivity index (χ4n) is 1.64. The van der Waals surface area contributed by atoms with Gasteiger partial charge in [0.25, 0.3) is 0 Å². The van der Waals surface area contributed by atoms with Crippen LogP contribution < -0.4 is 5.73 Å². The van der Waals surface area contributed by atoms with Gasteiger partial charge in [0.05, 0.1) is 0 Å². The van der Waals surface area contributed by atoms with E-state index in [9.17, 15) is 9.59 Å². The lowest BCUT2D eigenvalue weighted by molar-refractivity contribution is -0.144. The number of hydrogen-bond acceptors (Lipinski definition) is 4. The van der Waals surface area contributed by atoms with Gasteiger partial charge < -0.3 is 15.6 Å². The zero-order chi connectivity index (χ0) is 13.5. The van der Waals surface area contributed by atoms with Gasteiger partial charge in [0, 0.05) is 12.3 Å². The highest BCUT2D eigenvalue weighted by atomic mass is 16.5. The molecule has 0 aromatic heterocycles. The van der Waals surface area contributed by atoms with Crippen molar-refractivity contribution in [2.75, 3.05) is 6.61 Å². The molecule has 3 N–H and O–H groups in total. The quantitative estimate of drug-likeness (QED) is 0.370. The van der Waals surface area contributed by atoms with Gasteiger partial charge in [0.15, 0.2) is 0 Å². The van der Waals surface area contributed by atoms with E-state index in [-0.39, 0.29) is 5.97 Å². The third kappa shape index (κ3) is 5.82. The predicted octanol–water partition coefficient (Wildman–Crippen LogP) is 1.47. The van der Waals surface area contributed by atoms with Crippen LogP contribution in [0.25, 0.3) is 0 Å². The summed E-state index contributed by atoms with van der Waals surface area (Å²) in [7, 11) is 0. The molecule has 0 radical (unpaired) electrons. The Balaban J connectivity index is 1.90. The van der Waals surface area contributed by atoms with Crippen LogP contribution in [0.3, 0.4) is 0 Å². The Hall–Kier alpha value is -1.36. The Labute approximate surface area is 107 Å². The number of unbranched alkanes of at least 4 members (excludes halogenated alkanes) is 2. The predicted molar refractivity (Wildman–Crippen MR) is 66.9 cm³/mol. The van der Waals surface area contributed by atoms with Gasteiger partial charge in [-0.3, -0.25) is 9.59 Å². The van der Waals surface area contributed by atoms with E-state index in [1.807, 2.05) is 6.92 Å². The van der Waals surface area contributed by atoms with Crippen molar-refractivity contribution in [3.05, 3.63) is 11.6 Å². The fraction of sp³-hybridized carbons (Fsp3) is 0.692. The van der Waals surface area contributed by atoms with Crippen molar-refractivity contribution in [1.29, 1.82) is 0 Å². The molecule has 1 rings (SSSR count). The molecule has 1 unspecified atom stereocenters. The Morgan fingerprint density at radius 1 is 1.44 bits per heavy atom. The van der Waals surface area contributed by atoms with E-state index in [2.05, 4.69) is 6.08 Å². The van der Waals surface area contributed by atoms with Crippen LogP contribution in [0.1, 0.15) is 39.0 Å². The van der Waals surface area contributed by atoms with Gasteiger partial charge in [-0.05, 0) is 19.8 Å². The van der Waals surface area contributed by atoms with Crippen molar-refractivity contribution in [2.24, 2.45) is 11.7 Å². The number of ether oxygens (including phenoxy) is 1. The van der Waals surface area contributed by atoms with Gasteiger partial charge in [-0.25, -0.2) is 0 Å². The molecule has 0 heterocycles. The average molecular weight is 255 g/mol. The molecule has 0 aliphatic heterocycles. The maximum atomic E-state index is 11.3. The fourth-order valence-corrected chi connectivity index (χ4v) is 1.64. The molecule has 102 valence electrons. The summed E-state index contributed by atoms with van der Waals surface area (Å²) in [5.74, 6) is -0.783. The second kappa shape index (κ2) is 7.16. The summed E-state index contributed by atoms with van der Waals surface area (Å²) in [6.07, 6.45) is 5.17. The molecule has 0 bridgehead atoms. The number of carboxylic acid groups (broad SMARTS) is 1. The molecule has 0 amide bonds. The molecule has 0 spiro atoms. The molecule has 18 heavy (non-hydrogen) atoms. The molecule has 0 aromatic carbocycles. The normalized spacial score (nSPS) is 19.0. The lowest BCUT2D eigenvalue weighted by Gasteiger charge is -2.06. The summed E-state index contributed by atoms with van der Waals surface area (Å²) in [6.45, 7) is 2.48. The zero-order valence-electron chi connectivity index (χ0n) is 10.7. The van der Waals surface area contributed by atoms with Crippen molar-refractivity contribution in [3.8, 4) is 0 Å². The molecule has 2 atom stereocenters. The summed E-state index contributed by atoms with van der Waals surface area (Å²) in [6, 6.07) is -0.791. The van der Waals surface area contributed by atoms with Gasteiger partial charge in [0.2, 0.25) is 0 Å². The van der Waals surface area contributed by atoms with Crippen LogP contribution in [0, 0.1) is 5.92 Å². The molecule has 1 aliphatic carbocycles. The lowest BCUT2D eigenvalue weighted by Crippen LogP contribution is -2.29. The maximum Gasteiger partial charge on any atom is 0.320 e. The number of aliphatic carboxylic acids is 1. The monoisotopic (exact) mass is 255 g/mol. The van der Waals surface area contributed by atoms with E-state index in [1.54, 1.807) is 0 Å². The first-order valence-electron chi connectivity index (χ1n) is 6.33. The number of carbonyl (C=O) groups excluding carboxylic acids is 1. The van der Waals surface area contributed by atoms with Gasteiger partial charge in [-0.1, -0.05) is 24.5 Å². The van der Waals surface area contributed by atoms with Crippen molar-refractivity contribution >= 4 is 11.9 Å². The number of nitrogens with two attached hydrogens (primary N) is 1. The zero-order valence-corrected chi connectivity index (χ0v) is 10.7. The summed E-state index contributed by atoms with van der Waals surface area (Å²) >= 11 is 0. The van der Waals surface area contributed by atoms with Crippen molar-refractivity contribution in [2.45, 2.75) is 45.1 Å². The minimum atomic E-state index is -0.971. The largest absolute Gasteiger partial charge is 0.480 e. The summed E-state index contributed by atoms with van der Waals surface area (Å²) in [5.41, 5.74) is 6.65. The van der Waals surface area contributed by atoms with Crippen LogP contribution in [-0.2, 0) is 14.3 Å². The molecule has 5 nitrogen and oxygen atoms in total. The minimum absolute atomic E-state index is 0.175. The number of hydrogen-bond donors (Lipinski definition) is 2. The number of esters is 1. The van der Waals surface area contributed by atoms with Gasteiger partial charge >= 0.3 is 11.9 Å². The second-order valence-corrected chi connectivity index (χ2v) is 4.74. The van der Waals surface area contributed by atoms with Gasteiger partial charge in [0.1, 0.15) is 12.6 Å². The number of rotatable bonds is 9. The van der Waals surface area contributed by atoms with Crippen molar-refractivity contribution < 1.29 is 19.4 Å². The molecular formula is C13H21NO4. The third-order valence-corrected chi connectivity index (χ3v) is 3.08. The highest BCUT2D eigenvalue weighted by Gasteiger charge is 2.21. The van der Waals surface area contributed by atoms with Crippen molar-refractivity contribution in [1.82, 2.24) is 0 Å². The van der Waals surface area contributed by atoms with Crippen LogP contribution in [-0.4, -0.2) is 29.7 Å². The molecule has 5 heteroatoms. The minimum Gasteiger partial charge on any atom is -0.480 e. The Morgan fingerprint density at radius 2 is 2.11 bits per heavy atom. The van der Waals surface area contributed by atoms with Gasteiger partial charge in [-0.2, -0.15) is 0 Å². The Morgan fingerprint density at radius 3 is 2.67 bits per heavy atom. The molecule has 0 aromatic rings. The highest BCUT2D eigenvalue weighted by Crippen LogP contribution is 2.27. The van der Waals surface area contributed by atoms with Crippen LogP contribution in [0.2, 0.25) is 0 Å². The summed E-state index contributed by atoms with van der Waals surface area (Å²) in [4.78, 5) is 21.8. The number of carbonyl (C=O) groups is 2. The summed E-state index contributed by atoms with van der Waals surface area (Å²) < 4.78 is 5.09. The smallest absolute Gasteiger partial charge is 0.320 e. The molecule has 0 saturated carbocycles. The van der Waals surface area contributed by atoms with Crippen LogP contribution >= 0.6 is 0 Å². The maximum absolute atomic E-state index is 11.3. The van der Waals surface area contributed by atoms with Crippen LogP contribution in [0.5, 0.6) is 0 Å². The molecule has 0 saturated heterocycles. The van der Waals surface area contributed by atoms with E-state index in [1.165, 1.54) is 5.57 Å². The first-order chi connectivity index (χ1) is 8.50. The average Bonchev–Trinajstić information content (AvgIpc) is 3.02. The van der Waals surface area contributed by atoms with Crippen LogP contribution in [0.4, 0.5) is 0 Å². The summed E-state index contributed by atoms with van der Waals surface area (Å²) in [5, 5.41) is 8.57. The number of carboxylic acids is 1. The molecule has 0 fully saturated rings. The van der Waals surface area contributed by atoms with E-state index in [0.717, 1.165) is 19.3 Å². The van der Waals surface area contributed by atoms with Gasteiger partial charge in [-0.15, -0.1) is 0 Å². The Bertz CT molecular complexity index is 338. The van der Waals surface area contributed by atoms with E-state index < -0.39 is 12.0 Å². The standard InChI is InChI=1S/C13H21NO4/c1-9-7-10(9)8-18-12(15)6-4-2-3-5-11(14)13(16)17/h7,10-11H,2-6,8,14H2,1H3,(H,16,17)/t10?,11-/m0/s1. The SMILES string of the molecule is CC1=CC1COC(=O)CCCCC[C@H](N)C(=O)O. The van der Waals surface area contributed by atoms with Crippen molar-refractivity contribution in [3.63, 3.8) is 0 Å². The lowest BCUT2D eigenvalue weighted by atomic mass is 10.1. The van der Waals surface area contributed by atoms with E-state index in [0.29, 0.717) is 25.4 Å². The van der Waals surface area contributed by atoms with E-state index >= 15 is 0 Å². The third-order valence-electron chi connectivity index (χ3n) is 3.08. The Kier molecular flexibility index (Phi) is 5.85. The second-order valence-electron chi connectivity index (χ2n) is 4.74. The van der Waals surface area contributed by atoms with E-state index in [4.69, 9.17) is 15.6 Å². The van der Waals surface area contributed by atoms with Crippen LogP contribution in [0.15, 0.2) is 11.6 Å². The topological polar surface area (TPSA) is 89.6 Å². The molecule has 1 aliphatic rings. The first-order valence-corrected chi connectivity index (χ1v) is 6.33.